The van der Waals surface area contributed by atoms with E-state index in [1.807, 2.05) is 0 Å². The van der Waals surface area contributed by atoms with Crippen molar-refractivity contribution in [3.05, 3.63) is 50.9 Å². The predicted molar refractivity (Wildman–Crippen MR) is 63.4 cm³/mol. The third kappa shape index (κ3) is 2.48. The summed E-state index contributed by atoms with van der Waals surface area (Å²) in [6.07, 6.45) is 0. The molecule has 1 aromatic carbocycles. The zero-order chi connectivity index (χ0) is 11.5. The van der Waals surface area contributed by atoms with Gasteiger partial charge < -0.3 is 4.74 Å². The van der Waals surface area contributed by atoms with Gasteiger partial charge in [0.25, 0.3) is 0 Å². The largest absolute Gasteiger partial charge is 0.421 e. The highest BCUT2D eigenvalue weighted by Crippen LogP contribution is 2.26. The summed E-state index contributed by atoms with van der Waals surface area (Å²) in [5.74, 6) is -0.523. The first-order valence-corrected chi connectivity index (χ1v) is 6.05. The number of benzene rings is 1. The van der Waals surface area contributed by atoms with Crippen molar-refractivity contribution in [2.24, 2.45) is 0 Å². The Morgan fingerprint density at radius 1 is 1.38 bits per heavy atom. The molecule has 1 aromatic heterocycles. The lowest BCUT2D eigenvalue weighted by molar-refractivity contribution is 0.0738. The van der Waals surface area contributed by atoms with E-state index in [9.17, 15) is 9.18 Å². The van der Waals surface area contributed by atoms with Crippen molar-refractivity contribution in [2.75, 3.05) is 0 Å². The van der Waals surface area contributed by atoms with Gasteiger partial charge in [0.1, 0.15) is 16.4 Å². The van der Waals surface area contributed by atoms with E-state index in [1.54, 1.807) is 17.5 Å². The highest BCUT2D eigenvalue weighted by Gasteiger charge is 2.11. The maximum absolute atomic E-state index is 12.8. The van der Waals surface area contributed by atoms with Crippen LogP contribution in [0, 0.1) is 5.82 Å². The summed E-state index contributed by atoms with van der Waals surface area (Å²) in [6.45, 7) is 0. The highest BCUT2D eigenvalue weighted by atomic mass is 79.9. The fraction of sp³-hybridized carbons (Fsp3) is 0. The number of rotatable bonds is 2. The van der Waals surface area contributed by atoms with E-state index in [-0.39, 0.29) is 5.82 Å². The van der Waals surface area contributed by atoms with Gasteiger partial charge in [-0.05, 0) is 45.6 Å². The third-order valence-corrected chi connectivity index (χ3v) is 3.29. The van der Waals surface area contributed by atoms with Crippen molar-refractivity contribution in [2.45, 2.75) is 0 Å². The predicted octanol–water partition coefficient (Wildman–Crippen LogP) is 3.87. The molecule has 0 aliphatic heterocycles. The quantitative estimate of drug-likeness (QED) is 0.622. The van der Waals surface area contributed by atoms with Gasteiger partial charge in [-0.3, -0.25) is 0 Å². The molecule has 1 heterocycles. The summed E-state index contributed by atoms with van der Waals surface area (Å²) in [5.41, 5.74) is 0. The Hall–Kier alpha value is -1.20. The number of carbonyl (C=O) groups is 1. The number of thiophene rings is 1. The third-order valence-electron chi connectivity index (χ3n) is 1.82. The van der Waals surface area contributed by atoms with Crippen LogP contribution in [0.5, 0.6) is 5.75 Å². The van der Waals surface area contributed by atoms with Crippen LogP contribution in [0.1, 0.15) is 9.67 Å². The van der Waals surface area contributed by atoms with Gasteiger partial charge in [0.2, 0.25) is 0 Å². The molecule has 0 fully saturated rings. The lowest BCUT2D eigenvalue weighted by Crippen LogP contribution is -2.06. The Labute approximate surface area is 104 Å². The molecule has 0 aliphatic rings. The molecule has 2 aromatic rings. The maximum atomic E-state index is 12.8. The molecule has 0 N–H and O–H groups in total. The van der Waals surface area contributed by atoms with E-state index in [0.717, 1.165) is 0 Å². The van der Waals surface area contributed by atoms with E-state index in [4.69, 9.17) is 4.74 Å². The maximum Gasteiger partial charge on any atom is 0.353 e. The topological polar surface area (TPSA) is 26.3 Å². The average molecular weight is 301 g/mol. The van der Waals surface area contributed by atoms with Gasteiger partial charge in [-0.1, -0.05) is 6.07 Å². The molecule has 0 amide bonds. The standard InChI is InChI=1S/C11H6BrFO2S/c12-8-6-7(13)3-4-9(8)15-11(14)10-2-1-5-16-10/h1-6H. The van der Waals surface area contributed by atoms with Crippen molar-refractivity contribution in [1.82, 2.24) is 0 Å². The van der Waals surface area contributed by atoms with Gasteiger partial charge in [0.15, 0.2) is 0 Å². The molecule has 0 saturated carbocycles. The number of hydrogen-bond donors (Lipinski definition) is 0. The number of halogens is 2. The zero-order valence-electron chi connectivity index (χ0n) is 7.94. The molecule has 0 saturated heterocycles. The Morgan fingerprint density at radius 3 is 2.81 bits per heavy atom. The molecule has 2 nitrogen and oxygen atoms in total. The first-order chi connectivity index (χ1) is 7.66. The summed E-state index contributed by atoms with van der Waals surface area (Å²) in [4.78, 5) is 12.1. The van der Waals surface area contributed by atoms with Gasteiger partial charge in [0.05, 0.1) is 4.47 Å². The SMILES string of the molecule is O=C(Oc1ccc(F)cc1Br)c1cccs1. The second kappa shape index (κ2) is 4.76. The summed E-state index contributed by atoms with van der Waals surface area (Å²) in [5, 5.41) is 1.79. The van der Waals surface area contributed by atoms with Crippen molar-refractivity contribution in [3.63, 3.8) is 0 Å². The van der Waals surface area contributed by atoms with Gasteiger partial charge in [-0.15, -0.1) is 11.3 Å². The number of esters is 1. The van der Waals surface area contributed by atoms with Crippen molar-refractivity contribution < 1.29 is 13.9 Å². The van der Waals surface area contributed by atoms with Crippen LogP contribution in [0.25, 0.3) is 0 Å². The lowest BCUT2D eigenvalue weighted by Gasteiger charge is -2.04. The first kappa shape index (κ1) is 11.3. The molecule has 0 aliphatic carbocycles. The van der Waals surface area contributed by atoms with Crippen LogP contribution < -0.4 is 4.74 Å². The normalized spacial score (nSPS) is 10.1. The van der Waals surface area contributed by atoms with Crippen LogP contribution in [-0.4, -0.2) is 5.97 Å². The van der Waals surface area contributed by atoms with E-state index < -0.39 is 5.97 Å². The van der Waals surface area contributed by atoms with Crippen LogP contribution in [0.4, 0.5) is 4.39 Å². The lowest BCUT2D eigenvalue weighted by atomic mass is 10.3. The number of ether oxygens (including phenoxy) is 1. The van der Waals surface area contributed by atoms with Crippen molar-refractivity contribution >= 4 is 33.2 Å². The molecular formula is C11H6BrFO2S. The molecule has 0 unspecified atom stereocenters. The minimum Gasteiger partial charge on any atom is -0.421 e. The molecule has 5 heteroatoms. The van der Waals surface area contributed by atoms with Crippen LogP contribution in [-0.2, 0) is 0 Å². The van der Waals surface area contributed by atoms with Gasteiger partial charge in [-0.2, -0.15) is 0 Å². The fourth-order valence-electron chi connectivity index (χ4n) is 1.10. The summed E-state index contributed by atoms with van der Waals surface area (Å²) >= 11 is 4.42. The van der Waals surface area contributed by atoms with E-state index in [0.29, 0.717) is 15.1 Å². The van der Waals surface area contributed by atoms with Gasteiger partial charge in [0, 0.05) is 0 Å². The highest BCUT2D eigenvalue weighted by molar-refractivity contribution is 9.10. The molecule has 0 spiro atoms. The molecule has 16 heavy (non-hydrogen) atoms. The average Bonchev–Trinajstić information content (AvgIpc) is 2.75. The minimum absolute atomic E-state index is 0.305. The van der Waals surface area contributed by atoms with Crippen molar-refractivity contribution in [3.8, 4) is 5.75 Å². The van der Waals surface area contributed by atoms with Crippen LogP contribution >= 0.6 is 27.3 Å². The number of carbonyl (C=O) groups excluding carboxylic acids is 1. The van der Waals surface area contributed by atoms with E-state index in [2.05, 4.69) is 15.9 Å². The molecule has 0 bridgehead atoms. The Morgan fingerprint density at radius 2 is 2.19 bits per heavy atom. The minimum atomic E-state index is -0.442. The Bertz CT molecular complexity index is 511. The molecular weight excluding hydrogens is 295 g/mol. The second-order valence-corrected chi connectivity index (χ2v) is 4.74. The fourth-order valence-corrected chi connectivity index (χ4v) is 2.13. The van der Waals surface area contributed by atoms with Crippen LogP contribution in [0.15, 0.2) is 40.2 Å². The Balaban J connectivity index is 2.18. The summed E-state index contributed by atoms with van der Waals surface area (Å²) in [6, 6.07) is 7.33. The smallest absolute Gasteiger partial charge is 0.353 e. The number of hydrogen-bond acceptors (Lipinski definition) is 3. The van der Waals surface area contributed by atoms with Crippen LogP contribution in [0.3, 0.4) is 0 Å². The van der Waals surface area contributed by atoms with Crippen LogP contribution in [0.2, 0.25) is 0 Å². The Kier molecular flexibility index (Phi) is 3.36. The van der Waals surface area contributed by atoms with Gasteiger partial charge in [-0.25, -0.2) is 9.18 Å². The molecule has 2 rings (SSSR count). The molecule has 82 valence electrons. The second-order valence-electron chi connectivity index (χ2n) is 2.94. The zero-order valence-corrected chi connectivity index (χ0v) is 10.3. The first-order valence-electron chi connectivity index (χ1n) is 4.37. The monoisotopic (exact) mass is 300 g/mol. The van der Waals surface area contributed by atoms with Gasteiger partial charge >= 0.3 is 5.97 Å². The van der Waals surface area contributed by atoms with E-state index >= 15 is 0 Å². The molecule has 0 atom stereocenters. The summed E-state index contributed by atoms with van der Waals surface area (Å²) in [7, 11) is 0. The van der Waals surface area contributed by atoms with E-state index in [1.165, 1.54) is 29.5 Å². The van der Waals surface area contributed by atoms with Crippen molar-refractivity contribution in [1.29, 1.82) is 0 Å². The summed E-state index contributed by atoms with van der Waals surface area (Å²) < 4.78 is 18.3. The molecule has 0 radical (unpaired) electrons.